The highest BCUT2D eigenvalue weighted by molar-refractivity contribution is 5.81. The predicted molar refractivity (Wildman–Crippen MR) is 127 cm³/mol. The van der Waals surface area contributed by atoms with Crippen molar-refractivity contribution in [2.75, 3.05) is 6.61 Å². The average molecular weight is 411 g/mol. The fourth-order valence-electron chi connectivity index (χ4n) is 3.00. The summed E-state index contributed by atoms with van der Waals surface area (Å²) >= 11 is 0. The van der Waals surface area contributed by atoms with E-state index in [2.05, 4.69) is 51.6 Å². The van der Waals surface area contributed by atoms with Crippen LogP contribution in [0.1, 0.15) is 72.3 Å². The van der Waals surface area contributed by atoms with Crippen LogP contribution in [0.15, 0.2) is 59.9 Å². The second-order valence-corrected chi connectivity index (χ2v) is 8.72. The highest BCUT2D eigenvalue weighted by atomic mass is 16.5. The maximum Gasteiger partial charge on any atom is 0.328 e. The number of hydrogen-bond acceptors (Lipinski definition) is 2. The van der Waals surface area contributed by atoms with Crippen molar-refractivity contribution in [2.45, 2.75) is 66.7 Å². The molecule has 0 spiro atoms. The van der Waals surface area contributed by atoms with E-state index < -0.39 is 5.97 Å². The molecule has 0 saturated carbocycles. The van der Waals surface area contributed by atoms with Crippen LogP contribution in [0.25, 0.3) is 6.08 Å². The zero-order chi connectivity index (χ0) is 22.4. The van der Waals surface area contributed by atoms with E-state index in [-0.39, 0.29) is 11.3 Å². The van der Waals surface area contributed by atoms with E-state index in [1.165, 1.54) is 38.2 Å². The van der Waals surface area contributed by atoms with Gasteiger partial charge in [0.1, 0.15) is 5.75 Å². The first-order valence-electron chi connectivity index (χ1n) is 11.0. The van der Waals surface area contributed by atoms with Gasteiger partial charge in [-0.3, -0.25) is 0 Å². The van der Waals surface area contributed by atoms with Gasteiger partial charge >= 0.3 is 5.97 Å². The molecule has 1 N–H and O–H groups in total. The minimum absolute atomic E-state index is 0.159. The minimum atomic E-state index is -0.945. The Hall–Kier alpha value is -2.51. The first kappa shape index (κ1) is 25.5. The van der Waals surface area contributed by atoms with E-state index in [1.807, 2.05) is 24.3 Å². The Morgan fingerprint density at radius 1 is 1.23 bits per heavy atom. The molecule has 0 aliphatic carbocycles. The van der Waals surface area contributed by atoms with E-state index in [4.69, 9.17) is 9.84 Å². The number of carboxylic acid groups (broad SMARTS) is 1. The van der Waals surface area contributed by atoms with Crippen molar-refractivity contribution in [3.05, 3.63) is 65.4 Å². The summed E-state index contributed by atoms with van der Waals surface area (Å²) in [5, 5.41) is 8.73. The number of para-hydroxylation sites is 1. The van der Waals surface area contributed by atoms with Crippen LogP contribution in [0.3, 0.4) is 0 Å². The summed E-state index contributed by atoms with van der Waals surface area (Å²) in [6.07, 6.45) is 15.2. The Labute approximate surface area is 182 Å². The molecule has 0 radical (unpaired) electrons. The number of aliphatic carboxylic acids is 1. The molecule has 1 atom stereocenters. The van der Waals surface area contributed by atoms with Gasteiger partial charge in [0.2, 0.25) is 0 Å². The average Bonchev–Trinajstić information content (AvgIpc) is 2.68. The molecular formula is C27H38O3. The van der Waals surface area contributed by atoms with Crippen molar-refractivity contribution in [3.8, 4) is 5.75 Å². The summed E-state index contributed by atoms with van der Waals surface area (Å²) in [4.78, 5) is 10.6. The van der Waals surface area contributed by atoms with Crippen molar-refractivity contribution >= 4 is 12.0 Å². The number of rotatable bonds is 13. The van der Waals surface area contributed by atoms with E-state index in [9.17, 15) is 4.79 Å². The number of unbranched alkanes of at least 4 members (excludes halogenated alkanes) is 3. The molecule has 30 heavy (non-hydrogen) atoms. The lowest BCUT2D eigenvalue weighted by atomic mass is 9.88. The minimum Gasteiger partial charge on any atom is -0.492 e. The van der Waals surface area contributed by atoms with Gasteiger partial charge in [0.15, 0.2) is 0 Å². The van der Waals surface area contributed by atoms with E-state index in [0.717, 1.165) is 11.3 Å². The third-order valence-corrected chi connectivity index (χ3v) is 4.85. The Morgan fingerprint density at radius 2 is 1.97 bits per heavy atom. The van der Waals surface area contributed by atoms with Crippen molar-refractivity contribution in [2.24, 2.45) is 11.3 Å². The fraction of sp³-hybridized carbons (Fsp3) is 0.481. The van der Waals surface area contributed by atoms with Crippen molar-refractivity contribution in [1.82, 2.24) is 0 Å². The molecule has 0 amide bonds. The molecule has 1 aromatic rings. The van der Waals surface area contributed by atoms with Crippen molar-refractivity contribution in [1.29, 1.82) is 0 Å². The largest absolute Gasteiger partial charge is 0.492 e. The molecule has 3 heteroatoms. The van der Waals surface area contributed by atoms with Gasteiger partial charge < -0.3 is 9.84 Å². The molecule has 0 saturated heterocycles. The van der Waals surface area contributed by atoms with Crippen LogP contribution in [-0.2, 0) is 4.79 Å². The molecule has 0 fully saturated rings. The SMILES string of the molecule is CCCCCCC(C)(C)COc1ccccc1C=CC(C)C=C=CC(C)=CC(=O)O. The molecule has 0 heterocycles. The number of carbonyl (C=O) groups is 1. The Balaban J connectivity index is 2.70. The second-order valence-electron chi connectivity index (χ2n) is 8.72. The molecule has 0 aliphatic heterocycles. The summed E-state index contributed by atoms with van der Waals surface area (Å²) in [5.41, 5.74) is 4.93. The number of allylic oxidation sites excluding steroid dienone is 3. The van der Waals surface area contributed by atoms with Crippen LogP contribution in [0.4, 0.5) is 0 Å². The lowest BCUT2D eigenvalue weighted by Gasteiger charge is -2.25. The van der Waals surface area contributed by atoms with Gasteiger partial charge in [-0.25, -0.2) is 4.79 Å². The van der Waals surface area contributed by atoms with E-state index in [1.54, 1.807) is 13.0 Å². The fourth-order valence-corrected chi connectivity index (χ4v) is 3.00. The third kappa shape index (κ3) is 11.5. The van der Waals surface area contributed by atoms with Crippen molar-refractivity contribution < 1.29 is 14.6 Å². The standard InChI is InChI=1S/C27H38O3/c1-6-7-8-11-19-27(4,5)21-30-25-16-10-9-15-24(25)18-17-22(2)13-12-14-23(3)20-26(28)29/h9-10,13-18,20,22H,6-8,11,19,21H2,1-5H3,(H,28,29). The number of hydrogen-bond donors (Lipinski definition) is 1. The first-order valence-corrected chi connectivity index (χ1v) is 11.0. The Morgan fingerprint density at radius 3 is 2.67 bits per heavy atom. The normalized spacial score (nSPS) is 13.0. The van der Waals surface area contributed by atoms with Gasteiger partial charge in [0.05, 0.1) is 6.61 Å². The summed E-state index contributed by atoms with van der Waals surface area (Å²) < 4.78 is 6.19. The van der Waals surface area contributed by atoms with E-state index in [0.29, 0.717) is 12.2 Å². The molecule has 1 rings (SSSR count). The van der Waals surface area contributed by atoms with Crippen LogP contribution in [0.5, 0.6) is 5.75 Å². The molecule has 1 aromatic carbocycles. The van der Waals surface area contributed by atoms with Crippen LogP contribution in [-0.4, -0.2) is 17.7 Å². The quantitative estimate of drug-likeness (QED) is 0.159. The second kappa shape index (κ2) is 13.7. The van der Waals surface area contributed by atoms with Crippen LogP contribution in [0.2, 0.25) is 0 Å². The smallest absolute Gasteiger partial charge is 0.328 e. The zero-order valence-electron chi connectivity index (χ0n) is 19.3. The number of ether oxygens (including phenoxy) is 1. The maximum absolute atomic E-state index is 10.6. The zero-order valence-corrected chi connectivity index (χ0v) is 19.3. The Bertz CT molecular complexity index is 777. The predicted octanol–water partition coefficient (Wildman–Crippen LogP) is 7.45. The summed E-state index contributed by atoms with van der Waals surface area (Å²) in [6, 6.07) is 8.10. The third-order valence-electron chi connectivity index (χ3n) is 4.85. The topological polar surface area (TPSA) is 46.5 Å². The molecule has 1 unspecified atom stereocenters. The summed E-state index contributed by atoms with van der Waals surface area (Å²) in [7, 11) is 0. The van der Waals surface area contributed by atoms with Gasteiger partial charge in [-0.15, -0.1) is 5.73 Å². The van der Waals surface area contributed by atoms with E-state index >= 15 is 0 Å². The van der Waals surface area contributed by atoms with Gasteiger partial charge in [-0.05, 0) is 48.5 Å². The highest BCUT2D eigenvalue weighted by Gasteiger charge is 2.18. The van der Waals surface area contributed by atoms with Crippen LogP contribution < -0.4 is 4.74 Å². The van der Waals surface area contributed by atoms with Crippen LogP contribution in [0, 0.1) is 11.3 Å². The number of benzene rings is 1. The highest BCUT2D eigenvalue weighted by Crippen LogP contribution is 2.27. The lowest BCUT2D eigenvalue weighted by Crippen LogP contribution is -2.21. The molecule has 3 nitrogen and oxygen atoms in total. The Kier molecular flexibility index (Phi) is 11.6. The summed E-state index contributed by atoms with van der Waals surface area (Å²) in [5.74, 6) is 0.128. The molecule has 0 bridgehead atoms. The van der Waals surface area contributed by atoms with Crippen molar-refractivity contribution in [3.63, 3.8) is 0 Å². The summed E-state index contributed by atoms with van der Waals surface area (Å²) in [6.45, 7) is 11.3. The number of carboxylic acids is 1. The van der Waals surface area contributed by atoms with Gasteiger partial charge in [-0.2, -0.15) is 0 Å². The maximum atomic E-state index is 10.6. The monoisotopic (exact) mass is 410 g/mol. The molecule has 0 aromatic heterocycles. The first-order chi connectivity index (χ1) is 14.2. The molecular weight excluding hydrogens is 372 g/mol. The van der Waals surface area contributed by atoms with Gasteiger partial charge in [0, 0.05) is 11.6 Å². The van der Waals surface area contributed by atoms with Crippen LogP contribution >= 0.6 is 0 Å². The molecule has 0 aliphatic rings. The lowest BCUT2D eigenvalue weighted by molar-refractivity contribution is -0.131. The van der Waals surface area contributed by atoms with Gasteiger partial charge in [-0.1, -0.05) is 83.7 Å². The van der Waals surface area contributed by atoms with Gasteiger partial charge in [0.25, 0.3) is 0 Å². The molecule has 164 valence electrons.